The summed E-state index contributed by atoms with van der Waals surface area (Å²) < 4.78 is 0. The van der Waals surface area contributed by atoms with Crippen LogP contribution in [0.15, 0.2) is 60.7 Å². The predicted molar refractivity (Wildman–Crippen MR) is 108 cm³/mol. The summed E-state index contributed by atoms with van der Waals surface area (Å²) in [6.07, 6.45) is 3.60. The van der Waals surface area contributed by atoms with Crippen LogP contribution in [0, 0.1) is 17.8 Å². The van der Waals surface area contributed by atoms with E-state index in [0.717, 1.165) is 12.0 Å². The summed E-state index contributed by atoms with van der Waals surface area (Å²) in [5.41, 5.74) is 2.00. The van der Waals surface area contributed by atoms with Crippen LogP contribution < -0.4 is 0 Å². The fourth-order valence-corrected chi connectivity index (χ4v) is 4.38. The first-order valence-electron chi connectivity index (χ1n) is 9.96. The molecule has 0 aromatic heterocycles. The molecule has 3 rings (SSSR count). The van der Waals surface area contributed by atoms with Gasteiger partial charge in [0.2, 0.25) is 0 Å². The van der Waals surface area contributed by atoms with E-state index in [0.29, 0.717) is 30.3 Å². The van der Waals surface area contributed by atoms with Crippen molar-refractivity contribution in [3.8, 4) is 0 Å². The lowest BCUT2D eigenvalue weighted by Gasteiger charge is -2.44. The molecule has 138 valence electrons. The Bertz CT molecular complexity index is 695. The molecule has 1 amide bonds. The minimum absolute atomic E-state index is 0.166. The highest BCUT2D eigenvalue weighted by molar-refractivity contribution is 5.94. The van der Waals surface area contributed by atoms with E-state index in [1.54, 1.807) is 0 Å². The second-order valence-corrected chi connectivity index (χ2v) is 8.18. The van der Waals surface area contributed by atoms with Crippen LogP contribution in [0.25, 0.3) is 0 Å². The first-order chi connectivity index (χ1) is 12.6. The van der Waals surface area contributed by atoms with Crippen molar-refractivity contribution >= 4 is 5.91 Å². The molecule has 1 saturated carbocycles. The summed E-state index contributed by atoms with van der Waals surface area (Å²) >= 11 is 0. The third-order valence-electron chi connectivity index (χ3n) is 5.86. The number of nitrogens with zero attached hydrogens (tertiary/aromatic N) is 1. The predicted octanol–water partition coefficient (Wildman–Crippen LogP) is 5.79. The standard InChI is InChI=1S/C24H31NO/c1-18(2)22-15-14-19(3)16-23(22)25(17-20-10-6-4-7-11-20)24(26)21-12-8-5-9-13-21/h4-13,18-19,22-23H,14-17H2,1-3H3/t19-,22-,23-/m1/s1. The molecule has 1 fully saturated rings. The lowest BCUT2D eigenvalue weighted by Crippen LogP contribution is -2.48. The van der Waals surface area contributed by atoms with E-state index in [-0.39, 0.29) is 5.91 Å². The Hall–Kier alpha value is -2.09. The molecule has 2 aromatic carbocycles. The summed E-state index contributed by atoms with van der Waals surface area (Å²) in [5, 5.41) is 0. The molecule has 0 bridgehead atoms. The zero-order chi connectivity index (χ0) is 18.5. The Morgan fingerprint density at radius 3 is 2.23 bits per heavy atom. The van der Waals surface area contributed by atoms with Crippen LogP contribution in [0.4, 0.5) is 0 Å². The average molecular weight is 350 g/mol. The maximum atomic E-state index is 13.4. The van der Waals surface area contributed by atoms with Gasteiger partial charge in [-0.3, -0.25) is 4.79 Å². The van der Waals surface area contributed by atoms with Gasteiger partial charge in [0.15, 0.2) is 0 Å². The number of carbonyl (C=O) groups excluding carboxylic acids is 1. The molecular weight excluding hydrogens is 318 g/mol. The van der Waals surface area contributed by atoms with Crippen LogP contribution in [0.1, 0.15) is 56.0 Å². The SMILES string of the molecule is CC(C)[C@H]1CC[C@@H](C)C[C@H]1N(Cc1ccccc1)C(=O)c1ccccc1. The van der Waals surface area contributed by atoms with E-state index in [2.05, 4.69) is 49.9 Å². The molecule has 0 unspecified atom stereocenters. The van der Waals surface area contributed by atoms with E-state index in [9.17, 15) is 4.79 Å². The lowest BCUT2D eigenvalue weighted by molar-refractivity contribution is 0.0366. The Morgan fingerprint density at radius 1 is 1.00 bits per heavy atom. The molecular formula is C24H31NO. The number of carbonyl (C=O) groups is 1. The molecule has 2 nitrogen and oxygen atoms in total. The first-order valence-corrected chi connectivity index (χ1v) is 9.96. The summed E-state index contributed by atoms with van der Waals surface area (Å²) in [6.45, 7) is 7.63. The normalized spacial score (nSPS) is 23.0. The minimum atomic E-state index is 0.166. The molecule has 0 N–H and O–H groups in total. The van der Waals surface area contributed by atoms with Crippen molar-refractivity contribution in [2.24, 2.45) is 17.8 Å². The molecule has 1 aliphatic carbocycles. The van der Waals surface area contributed by atoms with Gasteiger partial charge >= 0.3 is 0 Å². The Morgan fingerprint density at radius 2 is 1.62 bits per heavy atom. The molecule has 0 spiro atoms. The highest BCUT2D eigenvalue weighted by atomic mass is 16.2. The minimum Gasteiger partial charge on any atom is -0.331 e. The van der Waals surface area contributed by atoms with Crippen molar-refractivity contribution in [3.05, 3.63) is 71.8 Å². The van der Waals surface area contributed by atoms with E-state index in [1.165, 1.54) is 18.4 Å². The molecule has 1 aliphatic rings. The summed E-state index contributed by atoms with van der Waals surface area (Å²) in [4.78, 5) is 15.6. The molecule has 2 heteroatoms. The Balaban J connectivity index is 1.94. The fourth-order valence-electron chi connectivity index (χ4n) is 4.38. The number of hydrogen-bond acceptors (Lipinski definition) is 1. The smallest absolute Gasteiger partial charge is 0.254 e. The Kier molecular flexibility index (Phi) is 6.13. The van der Waals surface area contributed by atoms with Gasteiger partial charge < -0.3 is 4.90 Å². The monoisotopic (exact) mass is 349 g/mol. The molecule has 0 radical (unpaired) electrons. The topological polar surface area (TPSA) is 20.3 Å². The number of hydrogen-bond donors (Lipinski definition) is 0. The van der Waals surface area contributed by atoms with E-state index >= 15 is 0 Å². The van der Waals surface area contributed by atoms with Crippen molar-refractivity contribution in [2.75, 3.05) is 0 Å². The van der Waals surface area contributed by atoms with Crippen molar-refractivity contribution < 1.29 is 4.79 Å². The molecule has 0 heterocycles. The maximum absolute atomic E-state index is 13.4. The highest BCUT2D eigenvalue weighted by Crippen LogP contribution is 2.37. The number of rotatable bonds is 5. The van der Waals surface area contributed by atoms with Gasteiger partial charge in [0.25, 0.3) is 5.91 Å². The lowest BCUT2D eigenvalue weighted by atomic mass is 9.73. The first kappa shape index (κ1) is 18.7. The number of amides is 1. The fraction of sp³-hybridized carbons (Fsp3) is 0.458. The third kappa shape index (κ3) is 4.35. The van der Waals surface area contributed by atoms with Crippen LogP contribution in [0.5, 0.6) is 0 Å². The van der Waals surface area contributed by atoms with E-state index < -0.39 is 0 Å². The van der Waals surface area contributed by atoms with Gasteiger partial charge in [-0.25, -0.2) is 0 Å². The molecule has 0 saturated heterocycles. The van der Waals surface area contributed by atoms with Crippen LogP contribution in [-0.4, -0.2) is 16.8 Å². The zero-order valence-electron chi connectivity index (χ0n) is 16.3. The van der Waals surface area contributed by atoms with Crippen LogP contribution in [0.2, 0.25) is 0 Å². The second kappa shape index (κ2) is 8.53. The van der Waals surface area contributed by atoms with Crippen molar-refractivity contribution in [2.45, 2.75) is 52.6 Å². The average Bonchev–Trinajstić information content (AvgIpc) is 2.67. The van der Waals surface area contributed by atoms with Crippen LogP contribution >= 0.6 is 0 Å². The van der Waals surface area contributed by atoms with Gasteiger partial charge in [0.1, 0.15) is 0 Å². The van der Waals surface area contributed by atoms with Crippen molar-refractivity contribution in [3.63, 3.8) is 0 Å². The van der Waals surface area contributed by atoms with Gasteiger partial charge in [0, 0.05) is 18.2 Å². The summed E-state index contributed by atoms with van der Waals surface area (Å²) in [5.74, 6) is 2.01. The van der Waals surface area contributed by atoms with Gasteiger partial charge in [-0.1, -0.05) is 75.7 Å². The van der Waals surface area contributed by atoms with E-state index in [1.807, 2.05) is 36.4 Å². The Labute approximate surface area is 158 Å². The largest absolute Gasteiger partial charge is 0.331 e. The molecule has 0 aliphatic heterocycles. The third-order valence-corrected chi connectivity index (χ3v) is 5.86. The van der Waals surface area contributed by atoms with Gasteiger partial charge in [0.05, 0.1) is 0 Å². The second-order valence-electron chi connectivity index (χ2n) is 8.18. The summed E-state index contributed by atoms with van der Waals surface area (Å²) in [6, 6.07) is 20.5. The van der Waals surface area contributed by atoms with E-state index in [4.69, 9.17) is 0 Å². The van der Waals surface area contributed by atoms with Crippen molar-refractivity contribution in [1.82, 2.24) is 4.90 Å². The van der Waals surface area contributed by atoms with Crippen LogP contribution in [-0.2, 0) is 6.54 Å². The van der Waals surface area contributed by atoms with Gasteiger partial charge in [-0.05, 0) is 48.3 Å². The zero-order valence-corrected chi connectivity index (χ0v) is 16.3. The van der Waals surface area contributed by atoms with Gasteiger partial charge in [-0.2, -0.15) is 0 Å². The van der Waals surface area contributed by atoms with Crippen molar-refractivity contribution in [1.29, 1.82) is 0 Å². The maximum Gasteiger partial charge on any atom is 0.254 e. The number of benzene rings is 2. The van der Waals surface area contributed by atoms with Gasteiger partial charge in [-0.15, -0.1) is 0 Å². The summed E-state index contributed by atoms with van der Waals surface area (Å²) in [7, 11) is 0. The molecule has 3 atom stereocenters. The quantitative estimate of drug-likeness (QED) is 0.669. The highest BCUT2D eigenvalue weighted by Gasteiger charge is 2.37. The van der Waals surface area contributed by atoms with Crippen LogP contribution in [0.3, 0.4) is 0 Å². The molecule has 2 aromatic rings. The molecule has 26 heavy (non-hydrogen) atoms.